The first-order chi connectivity index (χ1) is 7.24. The Labute approximate surface area is 88.6 Å². The zero-order valence-corrected chi connectivity index (χ0v) is 8.56. The SMILES string of the molecule is C=CCN1C(=O)N=C(N)C1C1CCOC1. The van der Waals surface area contributed by atoms with Crippen LogP contribution in [0.3, 0.4) is 0 Å². The Morgan fingerprint density at radius 1 is 1.73 bits per heavy atom. The number of hydrogen-bond donors (Lipinski definition) is 1. The quantitative estimate of drug-likeness (QED) is 0.683. The molecule has 2 unspecified atom stereocenters. The summed E-state index contributed by atoms with van der Waals surface area (Å²) in [6.45, 7) is 5.51. The standard InChI is InChI=1S/C10H15N3O2/c1-2-4-13-8(7-3-5-15-6-7)9(11)12-10(13)14/h2,7-8H,1,3-6H2,(H2,11,12,14). The monoisotopic (exact) mass is 209 g/mol. The minimum absolute atomic E-state index is 0.0991. The summed E-state index contributed by atoms with van der Waals surface area (Å²) < 4.78 is 5.31. The molecule has 0 aromatic carbocycles. The molecular formula is C10H15N3O2. The molecule has 0 aromatic rings. The number of amides is 2. The zero-order chi connectivity index (χ0) is 10.8. The van der Waals surface area contributed by atoms with Crippen molar-refractivity contribution in [3.8, 4) is 0 Å². The van der Waals surface area contributed by atoms with E-state index < -0.39 is 0 Å². The van der Waals surface area contributed by atoms with Crippen LogP contribution in [0.1, 0.15) is 6.42 Å². The van der Waals surface area contributed by atoms with Gasteiger partial charge in [0.2, 0.25) is 0 Å². The summed E-state index contributed by atoms with van der Waals surface area (Å²) in [6.07, 6.45) is 2.62. The number of aliphatic imine (C=N–C) groups is 1. The Balaban J connectivity index is 2.15. The fraction of sp³-hybridized carbons (Fsp3) is 0.600. The molecule has 0 spiro atoms. The van der Waals surface area contributed by atoms with Crippen molar-refractivity contribution in [2.24, 2.45) is 16.6 Å². The number of nitrogens with zero attached hydrogens (tertiary/aromatic N) is 2. The summed E-state index contributed by atoms with van der Waals surface area (Å²) in [7, 11) is 0. The van der Waals surface area contributed by atoms with E-state index >= 15 is 0 Å². The first-order valence-corrected chi connectivity index (χ1v) is 5.07. The van der Waals surface area contributed by atoms with E-state index in [2.05, 4.69) is 11.6 Å². The van der Waals surface area contributed by atoms with Crippen molar-refractivity contribution in [1.82, 2.24) is 4.90 Å². The van der Waals surface area contributed by atoms with Crippen molar-refractivity contribution < 1.29 is 9.53 Å². The number of nitrogens with two attached hydrogens (primary N) is 1. The Bertz CT molecular complexity index is 308. The summed E-state index contributed by atoms with van der Waals surface area (Å²) in [4.78, 5) is 17.0. The van der Waals surface area contributed by atoms with Gasteiger partial charge in [0.1, 0.15) is 5.84 Å². The largest absolute Gasteiger partial charge is 0.385 e. The molecule has 1 fully saturated rings. The molecule has 82 valence electrons. The predicted octanol–water partition coefficient (Wildman–Crippen LogP) is 0.370. The topological polar surface area (TPSA) is 67.9 Å². The lowest BCUT2D eigenvalue weighted by atomic mass is 9.97. The molecule has 0 bridgehead atoms. The summed E-state index contributed by atoms with van der Waals surface area (Å²) >= 11 is 0. The number of urea groups is 1. The minimum atomic E-state index is -0.260. The molecule has 2 aliphatic heterocycles. The fourth-order valence-corrected chi connectivity index (χ4v) is 2.15. The lowest BCUT2D eigenvalue weighted by molar-refractivity contribution is 0.164. The maximum absolute atomic E-state index is 11.5. The highest BCUT2D eigenvalue weighted by molar-refractivity contribution is 6.03. The van der Waals surface area contributed by atoms with Gasteiger partial charge in [-0.25, -0.2) is 4.79 Å². The molecule has 0 aliphatic carbocycles. The molecule has 2 aliphatic rings. The molecule has 2 amide bonds. The van der Waals surface area contributed by atoms with Gasteiger partial charge < -0.3 is 15.4 Å². The highest BCUT2D eigenvalue weighted by atomic mass is 16.5. The molecule has 2 atom stereocenters. The van der Waals surface area contributed by atoms with Crippen LogP contribution in [0.25, 0.3) is 0 Å². The van der Waals surface area contributed by atoms with Crippen LogP contribution in [0.5, 0.6) is 0 Å². The van der Waals surface area contributed by atoms with Gasteiger partial charge in [-0.15, -0.1) is 6.58 Å². The van der Waals surface area contributed by atoms with E-state index in [0.717, 1.165) is 13.0 Å². The van der Waals surface area contributed by atoms with Crippen LogP contribution in [0.4, 0.5) is 4.79 Å². The Morgan fingerprint density at radius 3 is 3.13 bits per heavy atom. The maximum atomic E-state index is 11.5. The van der Waals surface area contributed by atoms with Crippen LogP contribution >= 0.6 is 0 Å². The van der Waals surface area contributed by atoms with Crippen LogP contribution in [0.15, 0.2) is 17.6 Å². The van der Waals surface area contributed by atoms with Crippen molar-refractivity contribution in [3.63, 3.8) is 0 Å². The van der Waals surface area contributed by atoms with E-state index in [-0.39, 0.29) is 18.0 Å². The zero-order valence-electron chi connectivity index (χ0n) is 8.56. The minimum Gasteiger partial charge on any atom is -0.385 e. The van der Waals surface area contributed by atoms with Gasteiger partial charge in [-0.05, 0) is 6.42 Å². The summed E-state index contributed by atoms with van der Waals surface area (Å²) in [6, 6.07) is -0.359. The molecule has 0 saturated carbocycles. The number of carbonyl (C=O) groups is 1. The second-order valence-corrected chi connectivity index (χ2v) is 3.83. The van der Waals surface area contributed by atoms with Crippen molar-refractivity contribution in [1.29, 1.82) is 0 Å². The lowest BCUT2D eigenvalue weighted by Crippen LogP contribution is -2.45. The third-order valence-corrected chi connectivity index (χ3v) is 2.85. The summed E-state index contributed by atoms with van der Waals surface area (Å²) in [5.41, 5.74) is 5.77. The Kier molecular flexibility index (Phi) is 2.73. The van der Waals surface area contributed by atoms with Gasteiger partial charge >= 0.3 is 6.03 Å². The third kappa shape index (κ3) is 1.74. The van der Waals surface area contributed by atoms with Crippen LogP contribution in [0, 0.1) is 5.92 Å². The van der Waals surface area contributed by atoms with Gasteiger partial charge in [-0.2, -0.15) is 4.99 Å². The van der Waals surface area contributed by atoms with Gasteiger partial charge in [0.25, 0.3) is 0 Å². The molecule has 5 heteroatoms. The van der Waals surface area contributed by atoms with Gasteiger partial charge in [0, 0.05) is 19.1 Å². The van der Waals surface area contributed by atoms with E-state index in [1.54, 1.807) is 11.0 Å². The first kappa shape index (κ1) is 10.2. The highest BCUT2D eigenvalue weighted by Gasteiger charge is 2.39. The average molecular weight is 209 g/mol. The molecule has 2 N–H and O–H groups in total. The highest BCUT2D eigenvalue weighted by Crippen LogP contribution is 2.25. The molecule has 2 rings (SSSR count). The second-order valence-electron chi connectivity index (χ2n) is 3.83. The average Bonchev–Trinajstić information content (AvgIpc) is 2.77. The molecule has 5 nitrogen and oxygen atoms in total. The lowest BCUT2D eigenvalue weighted by Gasteiger charge is -2.26. The van der Waals surface area contributed by atoms with Crippen molar-refractivity contribution in [2.45, 2.75) is 12.5 Å². The number of amidine groups is 1. The first-order valence-electron chi connectivity index (χ1n) is 5.07. The van der Waals surface area contributed by atoms with E-state index in [0.29, 0.717) is 19.0 Å². The van der Waals surface area contributed by atoms with E-state index in [4.69, 9.17) is 10.5 Å². The fourth-order valence-electron chi connectivity index (χ4n) is 2.15. The molecule has 0 radical (unpaired) electrons. The van der Waals surface area contributed by atoms with Crippen LogP contribution in [0.2, 0.25) is 0 Å². The van der Waals surface area contributed by atoms with Crippen molar-refractivity contribution in [3.05, 3.63) is 12.7 Å². The van der Waals surface area contributed by atoms with Gasteiger partial charge in [0.15, 0.2) is 0 Å². The summed E-state index contributed by atoms with van der Waals surface area (Å²) in [5, 5.41) is 0. The number of ether oxygens (including phenoxy) is 1. The van der Waals surface area contributed by atoms with E-state index in [9.17, 15) is 4.79 Å². The predicted molar refractivity (Wildman–Crippen MR) is 56.6 cm³/mol. The molecular weight excluding hydrogens is 194 g/mol. The molecule has 2 heterocycles. The third-order valence-electron chi connectivity index (χ3n) is 2.85. The summed E-state index contributed by atoms with van der Waals surface area (Å²) in [5.74, 6) is 0.692. The Hall–Kier alpha value is -1.36. The number of carbonyl (C=O) groups excluding carboxylic acids is 1. The molecule has 1 saturated heterocycles. The van der Waals surface area contributed by atoms with Gasteiger partial charge in [0.05, 0.1) is 12.6 Å². The smallest absolute Gasteiger partial charge is 0.346 e. The maximum Gasteiger partial charge on any atom is 0.346 e. The van der Waals surface area contributed by atoms with Crippen LogP contribution < -0.4 is 5.73 Å². The van der Waals surface area contributed by atoms with Crippen molar-refractivity contribution in [2.75, 3.05) is 19.8 Å². The Morgan fingerprint density at radius 2 is 2.53 bits per heavy atom. The molecule has 0 aromatic heterocycles. The van der Waals surface area contributed by atoms with Gasteiger partial charge in [-0.1, -0.05) is 6.08 Å². The molecule has 15 heavy (non-hydrogen) atoms. The van der Waals surface area contributed by atoms with Crippen LogP contribution in [-0.4, -0.2) is 42.6 Å². The normalized spacial score (nSPS) is 30.8. The number of rotatable bonds is 3. The van der Waals surface area contributed by atoms with Gasteiger partial charge in [-0.3, -0.25) is 0 Å². The second kappa shape index (κ2) is 4.02. The van der Waals surface area contributed by atoms with Crippen molar-refractivity contribution >= 4 is 11.9 Å². The van der Waals surface area contributed by atoms with E-state index in [1.165, 1.54) is 0 Å². The number of hydrogen-bond acceptors (Lipinski definition) is 3. The van der Waals surface area contributed by atoms with E-state index in [1.807, 2.05) is 0 Å². The van der Waals surface area contributed by atoms with Crippen LogP contribution in [-0.2, 0) is 4.74 Å².